The van der Waals surface area contributed by atoms with Gasteiger partial charge in [-0.3, -0.25) is 9.59 Å². The Morgan fingerprint density at radius 2 is 2.00 bits per heavy atom. The number of nitrogens with one attached hydrogen (secondary N) is 1. The highest BCUT2D eigenvalue weighted by Gasteiger charge is 2.15. The van der Waals surface area contributed by atoms with E-state index in [9.17, 15) is 9.59 Å². The predicted molar refractivity (Wildman–Crippen MR) is 74.1 cm³/mol. The fourth-order valence-electron chi connectivity index (χ4n) is 1.93. The van der Waals surface area contributed by atoms with Gasteiger partial charge in [0.25, 0.3) is 0 Å². The van der Waals surface area contributed by atoms with Gasteiger partial charge in [0.05, 0.1) is 6.04 Å². The molecule has 1 heterocycles. The maximum absolute atomic E-state index is 11.7. The van der Waals surface area contributed by atoms with Gasteiger partial charge in [-0.25, -0.2) is 0 Å². The third-order valence-electron chi connectivity index (χ3n) is 3.08. The van der Waals surface area contributed by atoms with Crippen LogP contribution in [0.4, 0.5) is 0 Å². The maximum atomic E-state index is 11.7. The number of amides is 1. The molecule has 7 nitrogen and oxygen atoms in total. The van der Waals surface area contributed by atoms with E-state index in [1.54, 1.807) is 12.1 Å². The molecule has 0 fully saturated rings. The molecule has 114 valence electrons. The fraction of sp³-hybridized carbons (Fsp3) is 0.429. The second kappa shape index (κ2) is 6.94. The molecule has 21 heavy (non-hydrogen) atoms. The summed E-state index contributed by atoms with van der Waals surface area (Å²) in [6, 6.07) is 4.60. The lowest BCUT2D eigenvalue weighted by molar-refractivity contribution is -0.137. The van der Waals surface area contributed by atoms with Crippen molar-refractivity contribution in [1.29, 1.82) is 0 Å². The van der Waals surface area contributed by atoms with Gasteiger partial charge >= 0.3 is 5.97 Å². The Morgan fingerprint density at radius 3 is 2.71 bits per heavy atom. The zero-order valence-electron chi connectivity index (χ0n) is 11.5. The van der Waals surface area contributed by atoms with Gasteiger partial charge in [-0.2, -0.15) is 0 Å². The minimum absolute atomic E-state index is 0.113. The van der Waals surface area contributed by atoms with E-state index >= 15 is 0 Å². The summed E-state index contributed by atoms with van der Waals surface area (Å²) in [6.07, 6.45) is -0.0130. The average Bonchev–Trinajstić information content (AvgIpc) is 2.49. The van der Waals surface area contributed by atoms with E-state index in [0.717, 1.165) is 5.56 Å². The number of carboxylic acids is 1. The number of carbonyl (C=O) groups is 2. The van der Waals surface area contributed by atoms with Crippen LogP contribution in [0.25, 0.3) is 0 Å². The molecule has 0 saturated heterocycles. The van der Waals surface area contributed by atoms with Gasteiger partial charge in [0.15, 0.2) is 11.5 Å². The van der Waals surface area contributed by atoms with Crippen LogP contribution in [0, 0.1) is 0 Å². The van der Waals surface area contributed by atoms with Crippen LogP contribution in [0.15, 0.2) is 18.2 Å². The first kappa shape index (κ1) is 15.1. The zero-order chi connectivity index (χ0) is 15.2. The molecular formula is C14H18N2O5. The Kier molecular flexibility index (Phi) is 4.99. The standard InChI is InChI=1S/C14H18N2O5/c15-10(2-4-13(17)18)14(19)16-8-9-1-3-11-12(7-9)21-6-5-20-11/h1,3,7,10H,2,4-6,8,15H2,(H,16,19)(H,17,18). The van der Waals surface area contributed by atoms with Gasteiger partial charge in [-0.1, -0.05) is 6.07 Å². The Balaban J connectivity index is 1.85. The SMILES string of the molecule is NC(CCC(=O)O)C(=O)NCc1ccc2c(c1)OCCO2. The van der Waals surface area contributed by atoms with E-state index in [2.05, 4.69) is 5.32 Å². The topological polar surface area (TPSA) is 111 Å². The van der Waals surface area contributed by atoms with Crippen LogP contribution in [-0.4, -0.2) is 36.2 Å². The van der Waals surface area contributed by atoms with Crippen molar-refractivity contribution in [3.8, 4) is 11.5 Å². The molecule has 1 aromatic rings. The largest absolute Gasteiger partial charge is 0.486 e. The molecule has 7 heteroatoms. The summed E-state index contributed by atoms with van der Waals surface area (Å²) in [5.41, 5.74) is 6.48. The first-order chi connectivity index (χ1) is 10.1. The van der Waals surface area contributed by atoms with Crippen molar-refractivity contribution in [2.75, 3.05) is 13.2 Å². The van der Waals surface area contributed by atoms with Crippen LogP contribution in [0.5, 0.6) is 11.5 Å². The normalized spacial score (nSPS) is 14.3. The molecular weight excluding hydrogens is 276 g/mol. The number of nitrogens with two attached hydrogens (primary N) is 1. The molecule has 0 saturated carbocycles. The van der Waals surface area contributed by atoms with E-state index in [1.807, 2.05) is 6.07 Å². The van der Waals surface area contributed by atoms with E-state index in [0.29, 0.717) is 31.3 Å². The highest BCUT2D eigenvalue weighted by molar-refractivity contribution is 5.82. The second-order valence-electron chi connectivity index (χ2n) is 4.73. The van der Waals surface area contributed by atoms with Crippen LogP contribution in [-0.2, 0) is 16.1 Å². The Hall–Kier alpha value is -2.28. The second-order valence-corrected chi connectivity index (χ2v) is 4.73. The van der Waals surface area contributed by atoms with Gasteiger partial charge < -0.3 is 25.6 Å². The summed E-state index contributed by atoms with van der Waals surface area (Å²) in [5.74, 6) is 0.00823. The first-order valence-corrected chi connectivity index (χ1v) is 6.70. The summed E-state index contributed by atoms with van der Waals surface area (Å²) < 4.78 is 10.9. The lowest BCUT2D eigenvalue weighted by Crippen LogP contribution is -2.40. The minimum Gasteiger partial charge on any atom is -0.486 e. The molecule has 1 amide bonds. The van der Waals surface area contributed by atoms with Gasteiger partial charge in [0, 0.05) is 13.0 Å². The van der Waals surface area contributed by atoms with Crippen LogP contribution in [0.2, 0.25) is 0 Å². The molecule has 4 N–H and O–H groups in total. The van der Waals surface area contributed by atoms with E-state index in [1.165, 1.54) is 0 Å². The van der Waals surface area contributed by atoms with E-state index in [-0.39, 0.29) is 18.7 Å². The molecule has 1 aliphatic rings. The maximum Gasteiger partial charge on any atom is 0.303 e. The van der Waals surface area contributed by atoms with Gasteiger partial charge in [-0.05, 0) is 24.1 Å². The number of benzene rings is 1. The van der Waals surface area contributed by atoms with Crippen LogP contribution in [0.3, 0.4) is 0 Å². The Morgan fingerprint density at radius 1 is 1.29 bits per heavy atom. The molecule has 0 aromatic heterocycles. The number of rotatable bonds is 6. The number of aliphatic carboxylic acids is 1. The molecule has 1 aromatic carbocycles. The molecule has 0 bridgehead atoms. The average molecular weight is 294 g/mol. The molecule has 2 rings (SSSR count). The zero-order valence-corrected chi connectivity index (χ0v) is 11.5. The number of hydrogen-bond acceptors (Lipinski definition) is 5. The minimum atomic E-state index is -0.968. The number of hydrogen-bond donors (Lipinski definition) is 3. The summed E-state index contributed by atoms with van der Waals surface area (Å²) >= 11 is 0. The molecule has 0 spiro atoms. The number of fused-ring (bicyclic) bond motifs is 1. The third-order valence-corrected chi connectivity index (χ3v) is 3.08. The third kappa shape index (κ3) is 4.35. The van der Waals surface area contributed by atoms with Crippen molar-refractivity contribution in [3.05, 3.63) is 23.8 Å². The van der Waals surface area contributed by atoms with Crippen molar-refractivity contribution in [2.45, 2.75) is 25.4 Å². The van der Waals surface area contributed by atoms with Crippen molar-refractivity contribution in [1.82, 2.24) is 5.32 Å². The predicted octanol–water partition coefficient (Wildman–Crippen LogP) is 0.266. The van der Waals surface area contributed by atoms with Gasteiger partial charge in [0.2, 0.25) is 5.91 Å². The Labute approximate surface area is 122 Å². The van der Waals surface area contributed by atoms with E-state index in [4.69, 9.17) is 20.3 Å². The first-order valence-electron chi connectivity index (χ1n) is 6.70. The van der Waals surface area contributed by atoms with Crippen molar-refractivity contribution < 1.29 is 24.2 Å². The van der Waals surface area contributed by atoms with Crippen LogP contribution >= 0.6 is 0 Å². The summed E-state index contributed by atoms with van der Waals surface area (Å²) in [5, 5.41) is 11.2. The smallest absolute Gasteiger partial charge is 0.303 e. The molecule has 1 atom stereocenters. The van der Waals surface area contributed by atoms with Crippen molar-refractivity contribution in [3.63, 3.8) is 0 Å². The van der Waals surface area contributed by atoms with Crippen molar-refractivity contribution in [2.24, 2.45) is 5.73 Å². The van der Waals surface area contributed by atoms with Gasteiger partial charge in [-0.15, -0.1) is 0 Å². The number of ether oxygens (including phenoxy) is 2. The molecule has 1 aliphatic heterocycles. The highest BCUT2D eigenvalue weighted by Crippen LogP contribution is 2.30. The number of carboxylic acid groups (broad SMARTS) is 1. The van der Waals surface area contributed by atoms with Crippen LogP contribution in [0.1, 0.15) is 18.4 Å². The fourth-order valence-corrected chi connectivity index (χ4v) is 1.93. The lowest BCUT2D eigenvalue weighted by Gasteiger charge is -2.19. The molecule has 1 unspecified atom stereocenters. The van der Waals surface area contributed by atoms with Gasteiger partial charge in [0.1, 0.15) is 13.2 Å². The molecule has 0 aliphatic carbocycles. The van der Waals surface area contributed by atoms with E-state index < -0.39 is 12.0 Å². The monoisotopic (exact) mass is 294 g/mol. The lowest BCUT2D eigenvalue weighted by atomic mass is 10.1. The number of carbonyl (C=O) groups excluding carboxylic acids is 1. The summed E-state index contributed by atoms with van der Waals surface area (Å²) in [6.45, 7) is 1.33. The summed E-state index contributed by atoms with van der Waals surface area (Å²) in [4.78, 5) is 22.2. The van der Waals surface area contributed by atoms with Crippen molar-refractivity contribution >= 4 is 11.9 Å². The molecule has 0 radical (unpaired) electrons. The quantitative estimate of drug-likeness (QED) is 0.694. The summed E-state index contributed by atoms with van der Waals surface area (Å²) in [7, 11) is 0. The van der Waals surface area contributed by atoms with Crippen LogP contribution < -0.4 is 20.5 Å². The highest BCUT2D eigenvalue weighted by atomic mass is 16.6. The Bertz CT molecular complexity index is 532.